The summed E-state index contributed by atoms with van der Waals surface area (Å²) in [5, 5.41) is 4.00. The Morgan fingerprint density at radius 2 is 1.73 bits per heavy atom. The van der Waals surface area contributed by atoms with Crippen molar-refractivity contribution in [1.82, 2.24) is 0 Å². The zero-order valence-corrected chi connectivity index (χ0v) is 13.1. The molecule has 0 radical (unpaired) electrons. The molecule has 2 N–H and O–H groups in total. The first-order valence-corrected chi connectivity index (χ1v) is 7.95. The number of nitrogens with one attached hydrogen (secondary N) is 1. The van der Waals surface area contributed by atoms with Gasteiger partial charge in [0.25, 0.3) is 10.1 Å². The monoisotopic (exact) mass is 319 g/mol. The molecular formula is C15H17N3O3S. The normalized spacial score (nSPS) is 11.6. The molecule has 0 heterocycles. The smallest absolute Gasteiger partial charge is 0.295 e. The third-order valence-corrected chi connectivity index (χ3v) is 3.91. The first kappa shape index (κ1) is 16.0. The van der Waals surface area contributed by atoms with Crippen LogP contribution in [0.4, 0.5) is 11.4 Å². The number of hydrogen-bond acceptors (Lipinski definition) is 5. The van der Waals surface area contributed by atoms with Gasteiger partial charge in [-0.2, -0.15) is 13.5 Å². The van der Waals surface area contributed by atoms with Gasteiger partial charge in [-0.15, -0.1) is 0 Å². The van der Waals surface area contributed by atoms with E-state index in [2.05, 4.69) is 10.5 Å². The summed E-state index contributed by atoms with van der Waals surface area (Å²) in [6, 6.07) is 13.7. The number of hydrazone groups is 1. The van der Waals surface area contributed by atoms with Gasteiger partial charge in [0.15, 0.2) is 0 Å². The lowest BCUT2D eigenvalue weighted by Gasteiger charge is -2.12. The molecular weight excluding hydrogens is 302 g/mol. The predicted octanol–water partition coefficient (Wildman–Crippen LogP) is 2.45. The Morgan fingerprint density at radius 1 is 1.09 bits per heavy atom. The highest BCUT2D eigenvalue weighted by Gasteiger charge is 2.12. The highest BCUT2D eigenvalue weighted by Crippen LogP contribution is 2.16. The molecule has 22 heavy (non-hydrogen) atoms. The van der Waals surface area contributed by atoms with Gasteiger partial charge in [0.1, 0.15) is 4.90 Å². The molecule has 2 aromatic rings. The number of nitrogens with zero attached hydrogens (tertiary/aromatic N) is 2. The van der Waals surface area contributed by atoms with Crippen LogP contribution in [0.3, 0.4) is 0 Å². The van der Waals surface area contributed by atoms with Crippen molar-refractivity contribution in [3.05, 3.63) is 54.1 Å². The van der Waals surface area contributed by atoms with Crippen molar-refractivity contribution in [2.75, 3.05) is 24.4 Å². The quantitative estimate of drug-likeness (QED) is 0.502. The summed E-state index contributed by atoms with van der Waals surface area (Å²) in [4.78, 5) is 1.80. The Morgan fingerprint density at radius 3 is 2.32 bits per heavy atom. The summed E-state index contributed by atoms with van der Waals surface area (Å²) in [7, 11) is -0.366. The van der Waals surface area contributed by atoms with Gasteiger partial charge in [-0.1, -0.05) is 18.2 Å². The lowest BCUT2D eigenvalue weighted by molar-refractivity contribution is 0.483. The van der Waals surface area contributed by atoms with E-state index >= 15 is 0 Å². The van der Waals surface area contributed by atoms with Gasteiger partial charge in [-0.05, 0) is 30.3 Å². The minimum atomic E-state index is -4.27. The second kappa shape index (κ2) is 6.59. The summed E-state index contributed by atoms with van der Waals surface area (Å²) in [6.07, 6.45) is 1.35. The van der Waals surface area contributed by atoms with E-state index in [1.807, 2.05) is 43.3 Å². The van der Waals surface area contributed by atoms with Crippen LogP contribution in [-0.4, -0.2) is 33.3 Å². The van der Waals surface area contributed by atoms with Crippen molar-refractivity contribution in [3.8, 4) is 0 Å². The number of hydrogen-bond donors (Lipinski definition) is 2. The fourth-order valence-corrected chi connectivity index (χ4v) is 2.50. The molecule has 0 bridgehead atoms. The Balaban J connectivity index is 2.13. The molecule has 0 saturated carbocycles. The molecule has 0 amide bonds. The van der Waals surface area contributed by atoms with Gasteiger partial charge >= 0.3 is 0 Å². The Bertz CT molecular complexity index is 769. The molecule has 0 atom stereocenters. The van der Waals surface area contributed by atoms with Crippen LogP contribution in [0.1, 0.15) is 5.56 Å². The van der Waals surface area contributed by atoms with Crippen molar-refractivity contribution < 1.29 is 13.0 Å². The summed E-state index contributed by atoms with van der Waals surface area (Å²) in [5.41, 5.74) is 4.95. The Kier molecular flexibility index (Phi) is 4.79. The summed E-state index contributed by atoms with van der Waals surface area (Å²) in [5.74, 6) is 0. The maximum Gasteiger partial charge on any atom is 0.295 e. The van der Waals surface area contributed by atoms with Crippen LogP contribution >= 0.6 is 0 Å². The molecule has 2 aromatic carbocycles. The molecule has 0 aliphatic rings. The SMILES string of the molecule is CN(C)c1ccc(NN=Cc2ccccc2S(=O)(=O)O)cc1. The molecule has 0 aromatic heterocycles. The highest BCUT2D eigenvalue weighted by atomic mass is 32.2. The van der Waals surface area contributed by atoms with Crippen molar-refractivity contribution in [1.29, 1.82) is 0 Å². The van der Waals surface area contributed by atoms with Crippen LogP contribution in [0.2, 0.25) is 0 Å². The van der Waals surface area contributed by atoms with E-state index in [0.29, 0.717) is 5.56 Å². The molecule has 6 nitrogen and oxygen atoms in total. The molecule has 7 heteroatoms. The molecule has 0 aliphatic carbocycles. The van der Waals surface area contributed by atoms with E-state index in [4.69, 9.17) is 4.55 Å². The van der Waals surface area contributed by atoms with Crippen molar-refractivity contribution in [2.24, 2.45) is 5.10 Å². The van der Waals surface area contributed by atoms with Gasteiger partial charge in [0, 0.05) is 25.3 Å². The third-order valence-electron chi connectivity index (χ3n) is 2.98. The van der Waals surface area contributed by atoms with E-state index in [1.165, 1.54) is 18.3 Å². The topological polar surface area (TPSA) is 82.0 Å². The number of rotatable bonds is 5. The molecule has 0 unspecified atom stereocenters. The minimum absolute atomic E-state index is 0.177. The fraction of sp³-hybridized carbons (Fsp3) is 0.133. The minimum Gasteiger partial charge on any atom is -0.378 e. The van der Waals surface area contributed by atoms with E-state index in [0.717, 1.165) is 11.4 Å². The average molecular weight is 319 g/mol. The van der Waals surface area contributed by atoms with E-state index < -0.39 is 10.1 Å². The summed E-state index contributed by atoms with van der Waals surface area (Å²) >= 11 is 0. The van der Waals surface area contributed by atoms with Gasteiger partial charge in [-0.25, -0.2) is 0 Å². The second-order valence-electron chi connectivity index (χ2n) is 4.82. The largest absolute Gasteiger partial charge is 0.378 e. The zero-order valence-electron chi connectivity index (χ0n) is 12.3. The number of benzene rings is 2. The first-order valence-electron chi connectivity index (χ1n) is 6.51. The Labute approximate surface area is 129 Å². The summed E-state index contributed by atoms with van der Waals surface area (Å²) in [6.45, 7) is 0. The maximum absolute atomic E-state index is 11.3. The van der Waals surface area contributed by atoms with Crippen LogP contribution in [-0.2, 0) is 10.1 Å². The molecule has 0 aliphatic heterocycles. The van der Waals surface area contributed by atoms with Crippen molar-refractivity contribution in [2.45, 2.75) is 4.90 Å². The number of anilines is 2. The standard InChI is InChI=1S/C15H17N3O3S/c1-18(2)14-9-7-13(8-10-14)17-16-11-12-5-3-4-6-15(12)22(19,20)21/h3-11,17H,1-2H3,(H,19,20,21). The van der Waals surface area contributed by atoms with Gasteiger partial charge in [0.2, 0.25) is 0 Å². The highest BCUT2D eigenvalue weighted by molar-refractivity contribution is 7.86. The lowest BCUT2D eigenvalue weighted by Crippen LogP contribution is -2.08. The predicted molar refractivity (Wildman–Crippen MR) is 88.2 cm³/mol. The van der Waals surface area contributed by atoms with Crippen LogP contribution in [0, 0.1) is 0 Å². The molecule has 0 fully saturated rings. The van der Waals surface area contributed by atoms with Crippen molar-refractivity contribution >= 4 is 27.7 Å². The van der Waals surface area contributed by atoms with Crippen LogP contribution in [0.15, 0.2) is 58.5 Å². The summed E-state index contributed by atoms with van der Waals surface area (Å²) < 4.78 is 31.7. The van der Waals surface area contributed by atoms with Gasteiger partial charge in [0.05, 0.1) is 11.9 Å². The first-order chi connectivity index (χ1) is 10.4. The van der Waals surface area contributed by atoms with Gasteiger partial charge < -0.3 is 4.90 Å². The zero-order chi connectivity index (χ0) is 16.2. The Hall–Kier alpha value is -2.38. The van der Waals surface area contributed by atoms with E-state index in [9.17, 15) is 8.42 Å². The molecule has 2 rings (SSSR count). The van der Waals surface area contributed by atoms with Crippen LogP contribution in [0.5, 0.6) is 0 Å². The second-order valence-corrected chi connectivity index (χ2v) is 6.21. The fourth-order valence-electron chi connectivity index (χ4n) is 1.83. The van der Waals surface area contributed by atoms with Crippen LogP contribution < -0.4 is 10.3 Å². The maximum atomic E-state index is 11.3. The third kappa shape index (κ3) is 4.06. The molecule has 0 saturated heterocycles. The lowest BCUT2D eigenvalue weighted by atomic mass is 10.2. The van der Waals surface area contributed by atoms with E-state index in [-0.39, 0.29) is 4.90 Å². The van der Waals surface area contributed by atoms with Gasteiger partial charge in [-0.3, -0.25) is 9.98 Å². The van der Waals surface area contributed by atoms with Crippen molar-refractivity contribution in [3.63, 3.8) is 0 Å². The molecule has 116 valence electrons. The van der Waals surface area contributed by atoms with E-state index in [1.54, 1.807) is 12.1 Å². The average Bonchev–Trinajstić information content (AvgIpc) is 2.47. The molecule has 0 spiro atoms. The van der Waals surface area contributed by atoms with Crippen LogP contribution in [0.25, 0.3) is 0 Å².